The highest BCUT2D eigenvalue weighted by Gasteiger charge is 2.36. The second kappa shape index (κ2) is 5.52. The van der Waals surface area contributed by atoms with E-state index in [-0.39, 0.29) is 5.91 Å². The molecule has 1 fully saturated rings. The number of hydrogen-bond donors (Lipinski definition) is 1. The Balaban J connectivity index is 1.75. The van der Waals surface area contributed by atoms with Gasteiger partial charge in [-0.25, -0.2) is 0 Å². The van der Waals surface area contributed by atoms with E-state index in [0.717, 1.165) is 38.2 Å². The van der Waals surface area contributed by atoms with Gasteiger partial charge in [-0.3, -0.25) is 4.79 Å². The fourth-order valence-electron chi connectivity index (χ4n) is 4.03. The van der Waals surface area contributed by atoms with Crippen molar-refractivity contribution in [3.05, 3.63) is 41.0 Å². The summed E-state index contributed by atoms with van der Waals surface area (Å²) in [6.07, 6.45) is 3.06. The molecule has 0 unspecified atom stereocenters. The van der Waals surface area contributed by atoms with Crippen molar-refractivity contribution >= 4 is 11.5 Å². The van der Waals surface area contributed by atoms with Crippen LogP contribution in [0.15, 0.2) is 24.3 Å². The predicted molar refractivity (Wildman–Crippen MR) is 85.9 cm³/mol. The summed E-state index contributed by atoms with van der Waals surface area (Å²) in [4.78, 5) is 14.9. The largest absolute Gasteiger partial charge is 0.377 e. The zero-order valence-electron chi connectivity index (χ0n) is 13.0. The number of carbonyl (C=O) groups is 1. The second-order valence-corrected chi connectivity index (χ2v) is 6.65. The van der Waals surface area contributed by atoms with Gasteiger partial charge in [0.25, 0.3) is 5.91 Å². The number of hydrogen-bond acceptors (Lipinski definition) is 3. The average Bonchev–Trinajstić information content (AvgIpc) is 2.88. The van der Waals surface area contributed by atoms with Crippen LogP contribution >= 0.6 is 0 Å². The highest BCUT2D eigenvalue weighted by atomic mass is 16.5. The summed E-state index contributed by atoms with van der Waals surface area (Å²) in [5.41, 5.74) is 4.56. The second-order valence-electron chi connectivity index (χ2n) is 6.65. The maximum Gasteiger partial charge on any atom is 0.251 e. The molecule has 1 aromatic carbocycles. The van der Waals surface area contributed by atoms with E-state index >= 15 is 0 Å². The predicted octanol–water partition coefficient (Wildman–Crippen LogP) is 1.88. The van der Waals surface area contributed by atoms with Gasteiger partial charge < -0.3 is 15.0 Å². The molecule has 3 aliphatic rings. The molecule has 22 heavy (non-hydrogen) atoms. The topological polar surface area (TPSA) is 41.6 Å². The number of likely N-dealkylation sites (N-methyl/N-ethyl adjacent to an activating group) is 1. The standard InChI is InChI=1S/C18H22N2O2/c1-20-10-14-9-19-18(21)16-8-13(12-4-6-22-7-5-12)2-3-15(16)17(14)11-20/h2-4,8,14,17H,5-7,9-11H2,1H3,(H,19,21)/t14-,17-/m0/s1. The normalized spacial score (nSPS) is 28.4. The van der Waals surface area contributed by atoms with E-state index in [2.05, 4.69) is 41.5 Å². The molecular weight excluding hydrogens is 276 g/mol. The SMILES string of the molecule is CN1C[C@@H]2CNC(=O)c3cc(C4=CCOCC4)ccc3[C@H]2C1. The first-order valence-corrected chi connectivity index (χ1v) is 8.10. The van der Waals surface area contributed by atoms with Crippen LogP contribution in [0.4, 0.5) is 0 Å². The molecule has 1 saturated heterocycles. The van der Waals surface area contributed by atoms with Crippen molar-refractivity contribution in [2.45, 2.75) is 12.3 Å². The Morgan fingerprint density at radius 1 is 1.32 bits per heavy atom. The van der Waals surface area contributed by atoms with Crippen LogP contribution in [0.5, 0.6) is 0 Å². The number of fused-ring (bicyclic) bond motifs is 3. The molecule has 4 heteroatoms. The van der Waals surface area contributed by atoms with Crippen LogP contribution in [0, 0.1) is 5.92 Å². The third kappa shape index (κ3) is 2.36. The van der Waals surface area contributed by atoms with Crippen molar-refractivity contribution in [1.82, 2.24) is 10.2 Å². The number of nitrogens with zero attached hydrogens (tertiary/aromatic N) is 1. The Morgan fingerprint density at radius 2 is 2.23 bits per heavy atom. The van der Waals surface area contributed by atoms with Crippen LogP contribution in [-0.4, -0.2) is 50.7 Å². The highest BCUT2D eigenvalue weighted by molar-refractivity contribution is 5.97. The molecule has 0 aromatic heterocycles. The van der Waals surface area contributed by atoms with Crippen LogP contribution < -0.4 is 5.32 Å². The lowest BCUT2D eigenvalue weighted by Gasteiger charge is -2.18. The molecule has 1 N–H and O–H groups in total. The van der Waals surface area contributed by atoms with Crippen LogP contribution in [0.1, 0.15) is 33.8 Å². The van der Waals surface area contributed by atoms with Crippen LogP contribution in [0.3, 0.4) is 0 Å². The Kier molecular flexibility index (Phi) is 3.51. The van der Waals surface area contributed by atoms with Gasteiger partial charge >= 0.3 is 0 Å². The molecule has 0 spiro atoms. The number of nitrogens with one attached hydrogen (secondary N) is 1. The maximum atomic E-state index is 12.5. The molecule has 4 nitrogen and oxygen atoms in total. The van der Waals surface area contributed by atoms with Crippen LogP contribution in [-0.2, 0) is 4.74 Å². The van der Waals surface area contributed by atoms with Gasteiger partial charge in [0.15, 0.2) is 0 Å². The van der Waals surface area contributed by atoms with E-state index in [1.54, 1.807) is 0 Å². The number of likely N-dealkylation sites (tertiary alicyclic amines) is 1. The Hall–Kier alpha value is -1.65. The highest BCUT2D eigenvalue weighted by Crippen LogP contribution is 2.36. The Labute approximate surface area is 131 Å². The molecule has 1 amide bonds. The van der Waals surface area contributed by atoms with E-state index in [0.29, 0.717) is 18.4 Å². The summed E-state index contributed by atoms with van der Waals surface area (Å²) in [6, 6.07) is 6.45. The molecule has 3 aliphatic heterocycles. The summed E-state index contributed by atoms with van der Waals surface area (Å²) in [6.45, 7) is 4.34. The molecule has 0 bridgehead atoms. The summed E-state index contributed by atoms with van der Waals surface area (Å²) in [7, 11) is 2.16. The monoisotopic (exact) mass is 298 g/mol. The van der Waals surface area contributed by atoms with E-state index in [4.69, 9.17) is 4.74 Å². The Morgan fingerprint density at radius 3 is 3.05 bits per heavy atom. The van der Waals surface area contributed by atoms with Crippen molar-refractivity contribution in [2.24, 2.45) is 5.92 Å². The van der Waals surface area contributed by atoms with E-state index in [1.807, 2.05) is 0 Å². The van der Waals surface area contributed by atoms with Gasteiger partial charge in [-0.05, 0) is 42.2 Å². The van der Waals surface area contributed by atoms with Gasteiger partial charge in [-0.1, -0.05) is 18.2 Å². The van der Waals surface area contributed by atoms with Crippen molar-refractivity contribution in [3.8, 4) is 0 Å². The molecule has 3 heterocycles. The van der Waals surface area contributed by atoms with Crippen molar-refractivity contribution in [2.75, 3.05) is 39.9 Å². The Bertz CT molecular complexity index is 638. The molecular formula is C18H22N2O2. The van der Waals surface area contributed by atoms with Gasteiger partial charge in [0.2, 0.25) is 0 Å². The minimum atomic E-state index is 0.0848. The van der Waals surface area contributed by atoms with Crippen molar-refractivity contribution in [1.29, 1.82) is 0 Å². The number of carbonyl (C=O) groups excluding carboxylic acids is 1. The number of amides is 1. The van der Waals surface area contributed by atoms with E-state index in [1.165, 1.54) is 16.7 Å². The number of rotatable bonds is 1. The van der Waals surface area contributed by atoms with Gasteiger partial charge in [-0.15, -0.1) is 0 Å². The molecule has 0 aliphatic carbocycles. The smallest absolute Gasteiger partial charge is 0.251 e. The third-order valence-electron chi connectivity index (χ3n) is 5.18. The minimum absolute atomic E-state index is 0.0848. The molecule has 116 valence electrons. The van der Waals surface area contributed by atoms with Gasteiger partial charge in [0, 0.05) is 31.1 Å². The average molecular weight is 298 g/mol. The lowest BCUT2D eigenvalue weighted by molar-refractivity contribution is 0.0951. The molecule has 0 radical (unpaired) electrons. The van der Waals surface area contributed by atoms with Crippen molar-refractivity contribution in [3.63, 3.8) is 0 Å². The lowest BCUT2D eigenvalue weighted by atomic mass is 9.85. The maximum absolute atomic E-state index is 12.5. The number of benzene rings is 1. The van der Waals surface area contributed by atoms with Crippen LogP contribution in [0.2, 0.25) is 0 Å². The summed E-state index contributed by atoms with van der Waals surface area (Å²) >= 11 is 0. The fourth-order valence-corrected chi connectivity index (χ4v) is 4.03. The first-order chi connectivity index (χ1) is 10.7. The first kappa shape index (κ1) is 14.0. The van der Waals surface area contributed by atoms with E-state index < -0.39 is 0 Å². The summed E-state index contributed by atoms with van der Waals surface area (Å²) < 4.78 is 5.38. The third-order valence-corrected chi connectivity index (χ3v) is 5.18. The zero-order chi connectivity index (χ0) is 15.1. The number of ether oxygens (including phenoxy) is 1. The van der Waals surface area contributed by atoms with Gasteiger partial charge in [0.1, 0.15) is 0 Å². The summed E-state index contributed by atoms with van der Waals surface area (Å²) in [5, 5.41) is 3.11. The quantitative estimate of drug-likeness (QED) is 0.861. The fraction of sp³-hybridized carbons (Fsp3) is 0.500. The van der Waals surface area contributed by atoms with Gasteiger partial charge in [-0.2, -0.15) is 0 Å². The van der Waals surface area contributed by atoms with Gasteiger partial charge in [0.05, 0.1) is 13.2 Å². The summed E-state index contributed by atoms with van der Waals surface area (Å²) in [5.74, 6) is 1.08. The van der Waals surface area contributed by atoms with E-state index in [9.17, 15) is 4.79 Å². The molecule has 4 rings (SSSR count). The molecule has 0 saturated carbocycles. The van der Waals surface area contributed by atoms with Crippen LogP contribution in [0.25, 0.3) is 5.57 Å². The molecule has 1 aromatic rings. The first-order valence-electron chi connectivity index (χ1n) is 8.10. The lowest BCUT2D eigenvalue weighted by Crippen LogP contribution is -2.29. The molecule has 2 atom stereocenters. The zero-order valence-corrected chi connectivity index (χ0v) is 13.0. The minimum Gasteiger partial charge on any atom is -0.377 e. The van der Waals surface area contributed by atoms with Crippen molar-refractivity contribution < 1.29 is 9.53 Å².